The number of carbonyl (C=O) groups excluding carboxylic acids is 1. The van der Waals surface area contributed by atoms with Gasteiger partial charge in [-0.25, -0.2) is 0 Å². The van der Waals surface area contributed by atoms with Gasteiger partial charge in [0.15, 0.2) is 0 Å². The van der Waals surface area contributed by atoms with Crippen LogP contribution >= 0.6 is 0 Å². The van der Waals surface area contributed by atoms with Crippen LogP contribution in [0.5, 0.6) is 0 Å². The Labute approximate surface area is 187 Å². The molecule has 0 atom stereocenters. The number of nitrogens with zero attached hydrogens (tertiary/aromatic N) is 2. The van der Waals surface area contributed by atoms with Gasteiger partial charge in [-0.1, -0.05) is 0 Å². The van der Waals surface area contributed by atoms with Crippen molar-refractivity contribution >= 4 is 6.29 Å². The molecule has 10 nitrogen and oxygen atoms in total. The van der Waals surface area contributed by atoms with Crippen LogP contribution in [0, 0.1) is 0 Å². The van der Waals surface area contributed by atoms with Gasteiger partial charge in [0.05, 0.1) is 79.3 Å². The summed E-state index contributed by atoms with van der Waals surface area (Å²) in [4.78, 5) is 15.0. The third-order valence-corrected chi connectivity index (χ3v) is 4.70. The lowest BCUT2D eigenvalue weighted by atomic mass is 10.3. The summed E-state index contributed by atoms with van der Waals surface area (Å²) in [5.41, 5.74) is 5.36. The van der Waals surface area contributed by atoms with Crippen molar-refractivity contribution < 1.29 is 33.2 Å². The van der Waals surface area contributed by atoms with Gasteiger partial charge in [-0.15, -0.1) is 0 Å². The average molecular weight is 450 g/mol. The van der Waals surface area contributed by atoms with Crippen LogP contribution in [0.2, 0.25) is 0 Å². The number of hydrogen-bond donors (Lipinski definition) is 1. The molecule has 1 aliphatic heterocycles. The van der Waals surface area contributed by atoms with Crippen LogP contribution in [0.15, 0.2) is 0 Å². The maximum atomic E-state index is 10.1. The first-order valence-corrected chi connectivity index (χ1v) is 11.4. The van der Waals surface area contributed by atoms with Gasteiger partial charge in [0, 0.05) is 52.2 Å². The van der Waals surface area contributed by atoms with E-state index in [9.17, 15) is 4.79 Å². The number of piperazine rings is 1. The molecule has 0 aromatic rings. The Hall–Kier alpha value is -0.690. The molecule has 0 saturated carbocycles. The standard InChI is InChI=1S/C21H43N3O7/c22-2-11-27-15-16-28-12-7-23-3-5-24(6-4-23)8-13-29-17-19-31-21-20-30-18-14-26-10-1-9-25/h9H,1-8,10-22H2. The summed E-state index contributed by atoms with van der Waals surface area (Å²) in [7, 11) is 0. The van der Waals surface area contributed by atoms with E-state index >= 15 is 0 Å². The monoisotopic (exact) mass is 449 g/mol. The van der Waals surface area contributed by atoms with E-state index in [1.165, 1.54) is 0 Å². The number of carbonyl (C=O) groups is 1. The minimum absolute atomic E-state index is 0.432. The van der Waals surface area contributed by atoms with Crippen molar-refractivity contribution in [3.8, 4) is 0 Å². The number of aldehydes is 1. The van der Waals surface area contributed by atoms with E-state index in [0.717, 1.165) is 58.8 Å². The number of ether oxygens (including phenoxy) is 6. The Balaban J connectivity index is 1.77. The van der Waals surface area contributed by atoms with Crippen LogP contribution in [-0.2, 0) is 33.2 Å². The summed E-state index contributed by atoms with van der Waals surface area (Å²) < 4.78 is 32.6. The molecule has 0 spiro atoms. The number of nitrogens with two attached hydrogens (primary N) is 1. The van der Waals surface area contributed by atoms with Crippen molar-refractivity contribution in [2.45, 2.75) is 6.42 Å². The van der Waals surface area contributed by atoms with Crippen LogP contribution < -0.4 is 5.73 Å². The zero-order valence-electron chi connectivity index (χ0n) is 19.0. The maximum absolute atomic E-state index is 10.1. The highest BCUT2D eigenvalue weighted by molar-refractivity contribution is 5.49. The maximum Gasteiger partial charge on any atom is 0.122 e. The molecule has 1 aliphatic rings. The lowest BCUT2D eigenvalue weighted by Gasteiger charge is -2.34. The van der Waals surface area contributed by atoms with Gasteiger partial charge in [-0.2, -0.15) is 0 Å². The minimum Gasteiger partial charge on any atom is -0.379 e. The molecule has 10 heteroatoms. The van der Waals surface area contributed by atoms with E-state index in [4.69, 9.17) is 34.2 Å². The molecule has 2 N–H and O–H groups in total. The van der Waals surface area contributed by atoms with Crippen molar-refractivity contribution in [2.24, 2.45) is 5.73 Å². The van der Waals surface area contributed by atoms with E-state index in [1.54, 1.807) is 0 Å². The zero-order chi connectivity index (χ0) is 22.2. The Morgan fingerprint density at radius 2 is 0.903 bits per heavy atom. The van der Waals surface area contributed by atoms with Crippen LogP contribution in [0.4, 0.5) is 0 Å². The SMILES string of the molecule is NCCOCCOCCN1CCN(CCOCCOCCOCCOCCC=O)CC1. The Morgan fingerprint density at radius 1 is 0.548 bits per heavy atom. The van der Waals surface area contributed by atoms with E-state index in [0.29, 0.717) is 79.0 Å². The smallest absolute Gasteiger partial charge is 0.122 e. The Kier molecular flexibility index (Phi) is 20.6. The summed E-state index contributed by atoms with van der Waals surface area (Å²) in [5, 5.41) is 0. The van der Waals surface area contributed by atoms with Gasteiger partial charge in [-0.3, -0.25) is 9.80 Å². The van der Waals surface area contributed by atoms with E-state index in [2.05, 4.69) is 9.80 Å². The molecule has 0 aromatic carbocycles. The van der Waals surface area contributed by atoms with Crippen LogP contribution in [0.3, 0.4) is 0 Å². The zero-order valence-corrected chi connectivity index (χ0v) is 19.0. The summed E-state index contributed by atoms with van der Waals surface area (Å²) in [6.07, 6.45) is 1.28. The van der Waals surface area contributed by atoms with Gasteiger partial charge >= 0.3 is 0 Å². The summed E-state index contributed by atoms with van der Waals surface area (Å²) in [6, 6.07) is 0. The molecule has 1 heterocycles. The quantitative estimate of drug-likeness (QED) is 0.158. The molecule has 0 bridgehead atoms. The second-order valence-corrected chi connectivity index (χ2v) is 7.10. The fourth-order valence-corrected chi connectivity index (χ4v) is 2.92. The molecule has 1 rings (SSSR count). The number of hydrogen-bond acceptors (Lipinski definition) is 10. The van der Waals surface area contributed by atoms with Crippen LogP contribution in [0.1, 0.15) is 6.42 Å². The fraction of sp³-hybridized carbons (Fsp3) is 0.952. The summed E-state index contributed by atoms with van der Waals surface area (Å²) in [5.74, 6) is 0. The molecule has 0 aliphatic carbocycles. The lowest BCUT2D eigenvalue weighted by molar-refractivity contribution is -0.108. The van der Waals surface area contributed by atoms with Gasteiger partial charge in [-0.05, 0) is 0 Å². The number of rotatable bonds is 23. The van der Waals surface area contributed by atoms with Crippen LogP contribution in [0.25, 0.3) is 0 Å². The highest BCUT2D eigenvalue weighted by Gasteiger charge is 2.16. The normalized spacial score (nSPS) is 15.5. The van der Waals surface area contributed by atoms with Crippen molar-refractivity contribution in [3.63, 3.8) is 0 Å². The fourth-order valence-electron chi connectivity index (χ4n) is 2.92. The van der Waals surface area contributed by atoms with Gasteiger partial charge in [0.25, 0.3) is 0 Å². The van der Waals surface area contributed by atoms with E-state index in [-0.39, 0.29) is 0 Å². The Bertz CT molecular complexity index is 386. The first-order valence-electron chi connectivity index (χ1n) is 11.4. The average Bonchev–Trinajstić information content (AvgIpc) is 2.79. The highest BCUT2D eigenvalue weighted by Crippen LogP contribution is 2.01. The molecule has 0 amide bonds. The second kappa shape index (κ2) is 22.5. The molecule has 1 fully saturated rings. The van der Waals surface area contributed by atoms with E-state index < -0.39 is 0 Å². The molecule has 1 saturated heterocycles. The largest absolute Gasteiger partial charge is 0.379 e. The third-order valence-electron chi connectivity index (χ3n) is 4.70. The summed E-state index contributed by atoms with van der Waals surface area (Å²) >= 11 is 0. The lowest BCUT2D eigenvalue weighted by Crippen LogP contribution is -2.48. The molecule has 184 valence electrons. The topological polar surface area (TPSA) is 105 Å². The molecule has 31 heavy (non-hydrogen) atoms. The second-order valence-electron chi connectivity index (χ2n) is 7.10. The first-order chi connectivity index (χ1) is 15.4. The molecular formula is C21H43N3O7. The molecular weight excluding hydrogens is 406 g/mol. The van der Waals surface area contributed by atoms with Gasteiger partial charge in [0.1, 0.15) is 6.29 Å². The minimum atomic E-state index is 0.432. The molecule has 0 radical (unpaired) electrons. The van der Waals surface area contributed by atoms with Gasteiger partial charge in [0.2, 0.25) is 0 Å². The molecule has 0 unspecified atom stereocenters. The highest BCUT2D eigenvalue weighted by atomic mass is 16.6. The first kappa shape index (κ1) is 28.3. The Morgan fingerprint density at radius 3 is 1.29 bits per heavy atom. The molecule has 0 aromatic heterocycles. The third kappa shape index (κ3) is 18.6. The summed E-state index contributed by atoms with van der Waals surface area (Å²) in [6.45, 7) is 13.8. The van der Waals surface area contributed by atoms with Crippen molar-refractivity contribution in [1.29, 1.82) is 0 Å². The predicted molar refractivity (Wildman–Crippen MR) is 118 cm³/mol. The van der Waals surface area contributed by atoms with Crippen molar-refractivity contribution in [1.82, 2.24) is 9.80 Å². The van der Waals surface area contributed by atoms with Crippen molar-refractivity contribution in [3.05, 3.63) is 0 Å². The van der Waals surface area contributed by atoms with Gasteiger partial charge < -0.3 is 38.9 Å². The predicted octanol–water partition coefficient (Wildman–Crippen LogP) is -0.749. The van der Waals surface area contributed by atoms with E-state index in [1.807, 2.05) is 0 Å². The van der Waals surface area contributed by atoms with Crippen molar-refractivity contribution in [2.75, 3.05) is 125 Å². The van der Waals surface area contributed by atoms with Crippen LogP contribution in [-0.4, -0.2) is 141 Å².